The molecule has 1 N–H and O–H groups in total. The Hall–Kier alpha value is -1.45. The second kappa shape index (κ2) is 8.16. The number of carbonyl (C=O) groups is 1. The molecule has 78 valence electrons. The number of isocyanates is 1. The third-order valence-electron chi connectivity index (χ3n) is 1.46. The highest BCUT2D eigenvalue weighted by atomic mass is 16.5. The van der Waals surface area contributed by atoms with Crippen LogP contribution < -0.4 is 0 Å². The average Bonchev–Trinajstić information content (AvgIpc) is 2.16. The molecule has 0 fully saturated rings. The van der Waals surface area contributed by atoms with E-state index in [1.165, 1.54) is 13.0 Å². The highest BCUT2D eigenvalue weighted by Crippen LogP contribution is 1.95. The van der Waals surface area contributed by atoms with Crippen LogP contribution in [0, 0.1) is 0 Å². The minimum atomic E-state index is -0.921. The van der Waals surface area contributed by atoms with E-state index in [-0.39, 0.29) is 0 Å². The summed E-state index contributed by atoms with van der Waals surface area (Å²) < 4.78 is 5.06. The zero-order valence-electron chi connectivity index (χ0n) is 8.02. The number of carbonyl (C=O) groups excluding carboxylic acids is 1. The van der Waals surface area contributed by atoms with Crippen molar-refractivity contribution >= 4 is 12.0 Å². The number of carboxylic acids is 1. The highest BCUT2D eigenvalue weighted by molar-refractivity contribution is 5.85. The molecule has 0 aliphatic heterocycles. The first-order chi connectivity index (χ1) is 6.68. The molecule has 14 heavy (non-hydrogen) atoms. The summed E-state index contributed by atoms with van der Waals surface area (Å²) in [5.74, 6) is -0.921. The molecule has 0 rings (SSSR count). The molecular formula is C9H13NO4. The number of aliphatic imine (C=N–C) groups is 1. The lowest BCUT2D eigenvalue weighted by Gasteiger charge is -1.98. The molecule has 0 aromatic rings. The van der Waals surface area contributed by atoms with Crippen molar-refractivity contribution in [2.24, 2.45) is 4.99 Å². The van der Waals surface area contributed by atoms with Crippen molar-refractivity contribution in [2.45, 2.75) is 13.3 Å². The zero-order valence-corrected chi connectivity index (χ0v) is 8.02. The first kappa shape index (κ1) is 12.6. The summed E-state index contributed by atoms with van der Waals surface area (Å²) in [6, 6.07) is 0. The monoisotopic (exact) mass is 199 g/mol. The third kappa shape index (κ3) is 7.21. The summed E-state index contributed by atoms with van der Waals surface area (Å²) in [7, 11) is 0. The zero-order chi connectivity index (χ0) is 10.8. The van der Waals surface area contributed by atoms with Crippen LogP contribution in [0.1, 0.15) is 13.3 Å². The highest BCUT2D eigenvalue weighted by Gasteiger charge is 1.97. The topological polar surface area (TPSA) is 76.0 Å². The van der Waals surface area contributed by atoms with Crippen LogP contribution in [0.15, 0.2) is 16.6 Å². The molecular weight excluding hydrogens is 186 g/mol. The first-order valence-corrected chi connectivity index (χ1v) is 4.20. The molecule has 0 aliphatic rings. The summed E-state index contributed by atoms with van der Waals surface area (Å²) in [6.45, 7) is 2.61. The number of aliphatic carboxylic acids is 1. The minimum Gasteiger partial charge on any atom is -0.478 e. The molecule has 0 aromatic carbocycles. The molecule has 0 amide bonds. The van der Waals surface area contributed by atoms with E-state index in [1.54, 1.807) is 6.08 Å². The molecule has 0 atom stereocenters. The number of hydrogen-bond acceptors (Lipinski definition) is 4. The fraction of sp³-hybridized carbons (Fsp3) is 0.556. The number of ether oxygens (including phenoxy) is 1. The smallest absolute Gasteiger partial charge is 0.330 e. The molecule has 5 heteroatoms. The van der Waals surface area contributed by atoms with Crippen molar-refractivity contribution in [2.75, 3.05) is 19.8 Å². The van der Waals surface area contributed by atoms with Crippen LogP contribution in [0.2, 0.25) is 0 Å². The quantitative estimate of drug-likeness (QED) is 0.284. The Bertz CT molecular complexity index is 254. The Kier molecular flexibility index (Phi) is 7.32. The van der Waals surface area contributed by atoms with Gasteiger partial charge in [0.2, 0.25) is 6.08 Å². The van der Waals surface area contributed by atoms with Gasteiger partial charge in [0.05, 0.1) is 19.8 Å². The van der Waals surface area contributed by atoms with E-state index in [0.717, 1.165) is 0 Å². The van der Waals surface area contributed by atoms with Gasteiger partial charge in [-0.3, -0.25) is 0 Å². The predicted octanol–water partition coefficient (Wildman–Crippen LogP) is 0.760. The maximum atomic E-state index is 10.3. The van der Waals surface area contributed by atoms with Crippen LogP contribution in [-0.2, 0) is 14.3 Å². The summed E-state index contributed by atoms with van der Waals surface area (Å²) >= 11 is 0. The normalized spacial score (nSPS) is 10.8. The van der Waals surface area contributed by atoms with Gasteiger partial charge in [-0.15, -0.1) is 0 Å². The molecule has 0 spiro atoms. The van der Waals surface area contributed by atoms with Gasteiger partial charge in [0.15, 0.2) is 0 Å². The van der Waals surface area contributed by atoms with E-state index in [9.17, 15) is 9.59 Å². The van der Waals surface area contributed by atoms with E-state index in [2.05, 4.69) is 4.99 Å². The van der Waals surface area contributed by atoms with E-state index in [4.69, 9.17) is 9.84 Å². The summed E-state index contributed by atoms with van der Waals surface area (Å²) in [6.07, 6.45) is 3.53. The van der Waals surface area contributed by atoms with E-state index >= 15 is 0 Å². The maximum Gasteiger partial charge on any atom is 0.330 e. The van der Waals surface area contributed by atoms with Crippen molar-refractivity contribution in [3.63, 3.8) is 0 Å². The lowest BCUT2D eigenvalue weighted by molar-refractivity contribution is -0.132. The lowest BCUT2D eigenvalue weighted by atomic mass is 10.2. The standard InChI is InChI=1S/C9H13NO4/c1-8(9(12)13)3-2-5-14-6-4-10-7-11/h3H,2,4-6H2,1H3,(H,12,13)/b8-3+. The van der Waals surface area contributed by atoms with Gasteiger partial charge in [-0.1, -0.05) is 6.08 Å². The van der Waals surface area contributed by atoms with E-state index < -0.39 is 5.97 Å². The van der Waals surface area contributed by atoms with Crippen molar-refractivity contribution < 1.29 is 19.4 Å². The van der Waals surface area contributed by atoms with Gasteiger partial charge in [0.25, 0.3) is 0 Å². The van der Waals surface area contributed by atoms with Crippen molar-refractivity contribution in [1.82, 2.24) is 0 Å². The van der Waals surface area contributed by atoms with Gasteiger partial charge in [-0.05, 0) is 13.3 Å². The Morgan fingerprint density at radius 1 is 1.57 bits per heavy atom. The average molecular weight is 199 g/mol. The first-order valence-electron chi connectivity index (χ1n) is 4.20. The molecule has 5 nitrogen and oxygen atoms in total. The molecule has 0 radical (unpaired) electrons. The van der Waals surface area contributed by atoms with Gasteiger partial charge in [-0.2, -0.15) is 0 Å². The number of hydrogen-bond donors (Lipinski definition) is 1. The largest absolute Gasteiger partial charge is 0.478 e. The number of carboxylic acid groups (broad SMARTS) is 1. The maximum absolute atomic E-state index is 10.3. The number of rotatable bonds is 7. The van der Waals surface area contributed by atoms with Crippen molar-refractivity contribution in [3.05, 3.63) is 11.6 Å². The van der Waals surface area contributed by atoms with Crippen LogP contribution in [0.25, 0.3) is 0 Å². The van der Waals surface area contributed by atoms with Crippen molar-refractivity contribution in [3.8, 4) is 0 Å². The fourth-order valence-electron chi connectivity index (χ4n) is 0.704. The van der Waals surface area contributed by atoms with Crippen LogP contribution >= 0.6 is 0 Å². The molecule has 0 heterocycles. The van der Waals surface area contributed by atoms with Gasteiger partial charge < -0.3 is 9.84 Å². The molecule has 0 aliphatic carbocycles. The molecule has 0 bridgehead atoms. The van der Waals surface area contributed by atoms with Gasteiger partial charge in [0, 0.05) is 5.57 Å². The van der Waals surface area contributed by atoms with Gasteiger partial charge in [-0.25, -0.2) is 14.6 Å². The SMILES string of the molecule is C/C(=C\CCOCCN=C=O)C(=O)O. The summed E-state index contributed by atoms with van der Waals surface area (Å²) in [4.78, 5) is 23.3. The number of nitrogens with zero attached hydrogens (tertiary/aromatic N) is 1. The summed E-state index contributed by atoms with van der Waals surface area (Å²) in [5.41, 5.74) is 0.305. The van der Waals surface area contributed by atoms with E-state index in [0.29, 0.717) is 31.8 Å². The van der Waals surface area contributed by atoms with E-state index in [1.807, 2.05) is 0 Å². The van der Waals surface area contributed by atoms with Crippen LogP contribution in [0.5, 0.6) is 0 Å². The van der Waals surface area contributed by atoms with Crippen LogP contribution in [-0.4, -0.2) is 36.9 Å². The second-order valence-electron chi connectivity index (χ2n) is 2.57. The minimum absolute atomic E-state index is 0.297. The van der Waals surface area contributed by atoms with Gasteiger partial charge in [0.1, 0.15) is 0 Å². The third-order valence-corrected chi connectivity index (χ3v) is 1.46. The lowest BCUT2D eigenvalue weighted by Crippen LogP contribution is -2.00. The van der Waals surface area contributed by atoms with Gasteiger partial charge >= 0.3 is 5.97 Å². The molecule has 0 aromatic heterocycles. The molecule has 0 unspecified atom stereocenters. The fourth-order valence-corrected chi connectivity index (χ4v) is 0.704. The Morgan fingerprint density at radius 3 is 2.86 bits per heavy atom. The Labute approximate surface area is 82.1 Å². The van der Waals surface area contributed by atoms with Crippen LogP contribution in [0.3, 0.4) is 0 Å². The predicted molar refractivity (Wildman–Crippen MR) is 49.8 cm³/mol. The van der Waals surface area contributed by atoms with Crippen LogP contribution in [0.4, 0.5) is 0 Å². The molecule has 0 saturated carbocycles. The molecule has 0 saturated heterocycles. The Morgan fingerprint density at radius 2 is 2.29 bits per heavy atom. The Balaban J connectivity index is 3.42. The second-order valence-corrected chi connectivity index (χ2v) is 2.57. The van der Waals surface area contributed by atoms with Crippen molar-refractivity contribution in [1.29, 1.82) is 0 Å². The summed E-state index contributed by atoms with van der Waals surface area (Å²) in [5, 5.41) is 8.49.